The van der Waals surface area contributed by atoms with Gasteiger partial charge in [0.25, 0.3) is 0 Å². The summed E-state index contributed by atoms with van der Waals surface area (Å²) in [5.74, 6) is 0.0864. The van der Waals surface area contributed by atoms with Crippen LogP contribution in [-0.2, 0) is 6.42 Å². The summed E-state index contributed by atoms with van der Waals surface area (Å²) in [5.41, 5.74) is 6.99. The number of pyridine rings is 1. The first-order chi connectivity index (χ1) is 13.6. The van der Waals surface area contributed by atoms with Gasteiger partial charge in [0, 0.05) is 17.5 Å². The van der Waals surface area contributed by atoms with Crippen LogP contribution in [0.2, 0.25) is 0 Å². The van der Waals surface area contributed by atoms with E-state index in [9.17, 15) is 14.6 Å². The average molecular weight is 369 g/mol. The summed E-state index contributed by atoms with van der Waals surface area (Å²) >= 11 is 0. The van der Waals surface area contributed by atoms with Gasteiger partial charge in [-0.3, -0.25) is 0 Å². The zero-order valence-corrected chi connectivity index (χ0v) is 14.9. The van der Waals surface area contributed by atoms with Crippen LogP contribution in [0, 0.1) is 5.82 Å². The Labute approximate surface area is 161 Å². The van der Waals surface area contributed by atoms with Crippen LogP contribution in [0.25, 0.3) is 33.6 Å². The summed E-state index contributed by atoms with van der Waals surface area (Å²) in [6, 6.07) is 20.7. The molecule has 2 N–H and O–H groups in total. The molecule has 0 atom stereocenters. The maximum Gasteiger partial charge on any atom is 0.123 e. The zero-order chi connectivity index (χ0) is 19.3. The lowest BCUT2D eigenvalue weighted by Crippen LogP contribution is -1.95. The highest BCUT2D eigenvalue weighted by Gasteiger charge is 2.25. The molecule has 1 aliphatic rings. The molecule has 0 saturated heterocycles. The van der Waals surface area contributed by atoms with Crippen molar-refractivity contribution in [2.45, 2.75) is 6.42 Å². The molecule has 28 heavy (non-hydrogen) atoms. The van der Waals surface area contributed by atoms with Crippen molar-refractivity contribution in [3.8, 4) is 45.1 Å². The second-order valence-corrected chi connectivity index (χ2v) is 6.96. The second kappa shape index (κ2) is 6.20. The van der Waals surface area contributed by atoms with Crippen LogP contribution in [-0.4, -0.2) is 15.2 Å². The molecule has 0 bridgehead atoms. The Kier molecular flexibility index (Phi) is 3.66. The lowest BCUT2D eigenvalue weighted by atomic mass is 9.96. The Bertz CT molecular complexity index is 1230. The fraction of sp³-hybridized carbons (Fsp3) is 0.0417. The highest BCUT2D eigenvalue weighted by atomic mass is 19.1. The third kappa shape index (κ3) is 2.70. The first-order valence-corrected chi connectivity index (χ1v) is 9.00. The van der Waals surface area contributed by atoms with E-state index in [0.29, 0.717) is 17.7 Å². The van der Waals surface area contributed by atoms with E-state index in [1.807, 2.05) is 24.3 Å². The smallest absolute Gasteiger partial charge is 0.123 e. The van der Waals surface area contributed by atoms with Gasteiger partial charge in [-0.05, 0) is 70.8 Å². The highest BCUT2D eigenvalue weighted by molar-refractivity contribution is 5.86. The van der Waals surface area contributed by atoms with Gasteiger partial charge in [-0.15, -0.1) is 0 Å². The molecule has 0 amide bonds. The third-order valence-electron chi connectivity index (χ3n) is 5.11. The van der Waals surface area contributed by atoms with Crippen molar-refractivity contribution >= 4 is 0 Å². The number of nitrogens with zero attached hydrogens (tertiary/aromatic N) is 1. The molecule has 3 aromatic carbocycles. The molecule has 1 aliphatic carbocycles. The predicted molar refractivity (Wildman–Crippen MR) is 107 cm³/mol. The number of halogens is 1. The summed E-state index contributed by atoms with van der Waals surface area (Å²) < 4.78 is 13.8. The molecule has 4 heteroatoms. The second-order valence-electron chi connectivity index (χ2n) is 6.96. The fourth-order valence-corrected chi connectivity index (χ4v) is 3.85. The minimum absolute atomic E-state index is 0.184. The molecule has 136 valence electrons. The lowest BCUT2D eigenvalue weighted by molar-refractivity contribution is 0.474. The predicted octanol–water partition coefficient (Wildman–Crippen LogP) is 5.54. The van der Waals surface area contributed by atoms with Crippen LogP contribution in [0.15, 0.2) is 72.8 Å². The van der Waals surface area contributed by atoms with Crippen molar-refractivity contribution < 1.29 is 14.6 Å². The van der Waals surface area contributed by atoms with Gasteiger partial charge >= 0.3 is 0 Å². The zero-order valence-electron chi connectivity index (χ0n) is 14.9. The molecule has 1 heterocycles. The number of phenolic OH excluding ortho intramolecular Hbond substituents is 2. The van der Waals surface area contributed by atoms with Crippen molar-refractivity contribution in [1.29, 1.82) is 0 Å². The maximum atomic E-state index is 13.8. The number of fused-ring (bicyclic) bond motifs is 3. The van der Waals surface area contributed by atoms with Crippen LogP contribution >= 0.6 is 0 Å². The number of rotatable bonds is 2. The molecular formula is C24H16FNO2. The monoisotopic (exact) mass is 369 g/mol. The normalized spacial score (nSPS) is 11.9. The molecule has 0 fully saturated rings. The molecule has 0 unspecified atom stereocenters. The van der Waals surface area contributed by atoms with E-state index >= 15 is 0 Å². The molecule has 5 rings (SSSR count). The van der Waals surface area contributed by atoms with E-state index in [1.165, 1.54) is 12.1 Å². The van der Waals surface area contributed by atoms with Gasteiger partial charge in [-0.25, -0.2) is 9.37 Å². The van der Waals surface area contributed by atoms with E-state index in [4.69, 9.17) is 4.98 Å². The topological polar surface area (TPSA) is 53.4 Å². The third-order valence-corrected chi connectivity index (χ3v) is 5.11. The maximum absolute atomic E-state index is 13.8. The van der Waals surface area contributed by atoms with Crippen LogP contribution in [0.1, 0.15) is 11.1 Å². The first kappa shape index (κ1) is 16.5. The van der Waals surface area contributed by atoms with E-state index in [1.54, 1.807) is 36.4 Å². The summed E-state index contributed by atoms with van der Waals surface area (Å²) in [6.45, 7) is 0. The van der Waals surface area contributed by atoms with Gasteiger partial charge in [0.15, 0.2) is 0 Å². The number of hydrogen-bond donors (Lipinski definition) is 2. The van der Waals surface area contributed by atoms with Gasteiger partial charge in [0.05, 0.1) is 11.4 Å². The van der Waals surface area contributed by atoms with Crippen molar-refractivity contribution in [1.82, 2.24) is 4.98 Å². The van der Waals surface area contributed by atoms with Gasteiger partial charge in [0.1, 0.15) is 17.3 Å². The van der Waals surface area contributed by atoms with E-state index in [0.717, 1.165) is 33.5 Å². The minimum atomic E-state index is -0.316. The van der Waals surface area contributed by atoms with Crippen LogP contribution in [0.4, 0.5) is 4.39 Å². The molecule has 1 aromatic heterocycles. The van der Waals surface area contributed by atoms with E-state index in [-0.39, 0.29) is 17.3 Å². The largest absolute Gasteiger partial charge is 0.508 e. The molecule has 4 aromatic rings. The van der Waals surface area contributed by atoms with Crippen LogP contribution in [0.3, 0.4) is 0 Å². The number of aromatic hydroxyl groups is 2. The highest BCUT2D eigenvalue weighted by Crippen LogP contribution is 2.43. The molecular weight excluding hydrogens is 353 g/mol. The van der Waals surface area contributed by atoms with Crippen LogP contribution < -0.4 is 0 Å². The van der Waals surface area contributed by atoms with Gasteiger partial charge in [-0.2, -0.15) is 0 Å². The number of phenols is 2. The molecule has 0 saturated carbocycles. The Morgan fingerprint density at radius 2 is 1.54 bits per heavy atom. The first-order valence-electron chi connectivity index (χ1n) is 9.00. The summed E-state index contributed by atoms with van der Waals surface area (Å²) in [6.07, 6.45) is 0.639. The van der Waals surface area contributed by atoms with Gasteiger partial charge < -0.3 is 10.2 Å². The van der Waals surface area contributed by atoms with Crippen molar-refractivity contribution in [2.24, 2.45) is 0 Å². The van der Waals surface area contributed by atoms with Crippen molar-refractivity contribution in [3.63, 3.8) is 0 Å². The summed E-state index contributed by atoms with van der Waals surface area (Å²) in [4.78, 5) is 4.83. The number of benzene rings is 3. The molecule has 0 radical (unpaired) electrons. The quantitative estimate of drug-likeness (QED) is 0.430. The minimum Gasteiger partial charge on any atom is -0.508 e. The van der Waals surface area contributed by atoms with Crippen molar-refractivity contribution in [2.75, 3.05) is 0 Å². The Balaban J connectivity index is 1.79. The Hall–Kier alpha value is -3.66. The summed E-state index contributed by atoms with van der Waals surface area (Å²) in [5, 5.41) is 19.8. The number of aromatic nitrogens is 1. The number of hydrogen-bond acceptors (Lipinski definition) is 3. The lowest BCUT2D eigenvalue weighted by Gasteiger charge is -2.12. The molecule has 0 spiro atoms. The summed E-state index contributed by atoms with van der Waals surface area (Å²) in [7, 11) is 0. The van der Waals surface area contributed by atoms with Crippen molar-refractivity contribution in [3.05, 3.63) is 89.7 Å². The standard InChI is InChI=1S/C24H16FNO2/c25-17-5-1-4-15(9-17)23-13-21(14-3-2-6-18(27)10-14)22-12-16-11-19(28)7-8-20(16)24(22)26-23/h1-11,13,27-28H,12H2. The Morgan fingerprint density at radius 3 is 2.36 bits per heavy atom. The van der Waals surface area contributed by atoms with Gasteiger partial charge in [0.2, 0.25) is 0 Å². The molecule has 3 nitrogen and oxygen atoms in total. The molecule has 0 aliphatic heterocycles. The fourth-order valence-electron chi connectivity index (χ4n) is 3.85. The van der Waals surface area contributed by atoms with E-state index < -0.39 is 0 Å². The SMILES string of the molecule is Oc1cccc(-c2cc(-c3cccc(F)c3)nc3c2Cc2cc(O)ccc2-3)c1. The Morgan fingerprint density at radius 1 is 0.750 bits per heavy atom. The van der Waals surface area contributed by atoms with Gasteiger partial charge in [-0.1, -0.05) is 24.3 Å². The van der Waals surface area contributed by atoms with E-state index in [2.05, 4.69) is 0 Å². The van der Waals surface area contributed by atoms with Crippen LogP contribution in [0.5, 0.6) is 11.5 Å². The average Bonchev–Trinajstić information content (AvgIpc) is 3.04.